The topological polar surface area (TPSA) is 139 Å². The summed E-state index contributed by atoms with van der Waals surface area (Å²) < 4.78 is 7.17. The fourth-order valence-electron chi connectivity index (χ4n) is 3.90. The van der Waals surface area contributed by atoms with Crippen LogP contribution in [0, 0.1) is 0 Å². The van der Waals surface area contributed by atoms with Crippen molar-refractivity contribution >= 4 is 61.7 Å². The molecule has 2 N–H and O–H groups in total. The van der Waals surface area contributed by atoms with Gasteiger partial charge in [0.1, 0.15) is 17.0 Å². The first-order valence-electron chi connectivity index (χ1n) is 11.0. The molecule has 1 saturated heterocycles. The van der Waals surface area contributed by atoms with Gasteiger partial charge in [0.05, 0.1) is 22.6 Å². The van der Waals surface area contributed by atoms with E-state index in [0.29, 0.717) is 40.0 Å². The van der Waals surface area contributed by atoms with Crippen LogP contribution in [-0.2, 0) is 18.2 Å². The molecule has 5 rings (SSSR count). The monoisotopic (exact) mass is 559 g/mol. The van der Waals surface area contributed by atoms with Crippen LogP contribution in [0.3, 0.4) is 0 Å². The van der Waals surface area contributed by atoms with Crippen LogP contribution in [0.15, 0.2) is 31.6 Å². The van der Waals surface area contributed by atoms with Crippen LogP contribution in [-0.4, -0.2) is 66.4 Å². The van der Waals surface area contributed by atoms with E-state index >= 15 is 0 Å². The number of halogens is 1. The van der Waals surface area contributed by atoms with Crippen molar-refractivity contribution in [1.29, 1.82) is 0 Å². The molecule has 1 aliphatic heterocycles. The molecule has 0 aliphatic carbocycles. The van der Waals surface area contributed by atoms with Gasteiger partial charge in [-0.3, -0.25) is 9.36 Å². The molecule has 5 heterocycles. The first kappa shape index (κ1) is 23.7. The molecule has 1 aliphatic rings. The number of esters is 1. The van der Waals surface area contributed by atoms with Crippen LogP contribution >= 0.6 is 27.7 Å². The van der Waals surface area contributed by atoms with Gasteiger partial charge < -0.3 is 19.7 Å². The number of aliphatic hydroxyl groups is 1. The maximum atomic E-state index is 12.5. The number of aromatic nitrogens is 6. The van der Waals surface area contributed by atoms with Crippen LogP contribution in [0.5, 0.6) is 0 Å². The Kier molecular flexibility index (Phi) is 6.23. The van der Waals surface area contributed by atoms with Crippen molar-refractivity contribution in [3.05, 3.63) is 38.5 Å². The molecule has 13 heteroatoms. The molecule has 4 aromatic rings. The Morgan fingerprint density at radius 3 is 2.77 bits per heavy atom. The third kappa shape index (κ3) is 4.17. The number of carbonyl (C=O) groups excluding carboxylic acids is 1. The summed E-state index contributed by atoms with van der Waals surface area (Å²) in [6.07, 6.45) is 2.03. The first-order chi connectivity index (χ1) is 16.8. The number of hydrogen-bond acceptors (Lipinski definition) is 10. The highest BCUT2D eigenvalue weighted by molar-refractivity contribution is 9.10. The van der Waals surface area contributed by atoms with Gasteiger partial charge in [-0.05, 0) is 47.1 Å². The Bertz CT molecular complexity index is 1530. The van der Waals surface area contributed by atoms with Gasteiger partial charge in [0, 0.05) is 36.9 Å². The third-order valence-corrected chi connectivity index (χ3v) is 7.39. The Labute approximate surface area is 212 Å². The van der Waals surface area contributed by atoms with Gasteiger partial charge in [-0.2, -0.15) is 0 Å². The van der Waals surface area contributed by atoms with Crippen LogP contribution < -0.4 is 10.5 Å². The molecule has 1 fully saturated rings. The lowest BCUT2D eigenvalue weighted by Gasteiger charge is -2.37. The zero-order valence-electron chi connectivity index (χ0n) is 19.2. The summed E-state index contributed by atoms with van der Waals surface area (Å²) in [7, 11) is 1.54. The van der Waals surface area contributed by atoms with E-state index in [9.17, 15) is 14.7 Å². The summed E-state index contributed by atoms with van der Waals surface area (Å²) in [5.74, 6) is -0.0308. The Balaban J connectivity index is 1.56. The van der Waals surface area contributed by atoms with Gasteiger partial charge in [-0.1, -0.05) is 6.92 Å². The van der Waals surface area contributed by atoms with E-state index in [-0.39, 0.29) is 18.4 Å². The highest BCUT2D eigenvalue weighted by Crippen LogP contribution is 2.38. The SMILES string of the molecule is CCOC(=O)c1nc2cc(Sc3nc(N4CC(O)C4)c4c(Br)c(CC)[nH]c4n3)cnc2n(C)c1=O. The zero-order chi connectivity index (χ0) is 24.9. The molecule has 0 atom stereocenters. The van der Waals surface area contributed by atoms with E-state index in [4.69, 9.17) is 14.7 Å². The number of aromatic amines is 1. The van der Waals surface area contributed by atoms with E-state index in [1.165, 1.54) is 23.4 Å². The number of β-amino-alcohol motifs (C(OH)–C–C–N with tert-alkyl or cyclic N) is 1. The summed E-state index contributed by atoms with van der Waals surface area (Å²) in [5.41, 5.74) is 1.58. The number of fused-ring (bicyclic) bond motifs is 2. The van der Waals surface area contributed by atoms with Crippen molar-refractivity contribution < 1.29 is 14.6 Å². The van der Waals surface area contributed by atoms with Crippen LogP contribution in [0.4, 0.5) is 5.82 Å². The van der Waals surface area contributed by atoms with Gasteiger partial charge in [-0.15, -0.1) is 0 Å². The molecule has 0 radical (unpaired) electrons. The minimum atomic E-state index is -0.771. The highest BCUT2D eigenvalue weighted by Gasteiger charge is 2.30. The Morgan fingerprint density at radius 1 is 1.31 bits per heavy atom. The largest absolute Gasteiger partial charge is 0.461 e. The normalized spacial score (nSPS) is 14.0. The number of hydrogen-bond donors (Lipinski definition) is 2. The molecule has 4 aromatic heterocycles. The average Bonchev–Trinajstić information content (AvgIpc) is 3.14. The zero-order valence-corrected chi connectivity index (χ0v) is 21.6. The number of H-pyrrole nitrogens is 1. The summed E-state index contributed by atoms with van der Waals surface area (Å²) in [6, 6.07) is 1.73. The molecule has 0 unspecified atom stereocenters. The lowest BCUT2D eigenvalue weighted by atomic mass is 10.1. The van der Waals surface area contributed by atoms with Crippen LogP contribution in [0.1, 0.15) is 30.0 Å². The predicted octanol–water partition coefficient (Wildman–Crippen LogP) is 2.43. The standard InChI is InChI=1S/C22H22BrN7O4S/c1-4-12-15(23)14-17(26-12)27-22(28-19(14)30-8-10(31)9-30)35-11-6-13-18(24-7-11)29(3)20(32)16(25-13)21(33)34-5-2/h6-7,10,31H,4-5,8-9H2,1-3H3,(H,26,27,28). The van der Waals surface area contributed by atoms with Crippen molar-refractivity contribution in [3.63, 3.8) is 0 Å². The van der Waals surface area contributed by atoms with Gasteiger partial charge in [0.15, 0.2) is 10.8 Å². The molecule has 11 nitrogen and oxygen atoms in total. The molecule has 0 amide bonds. The smallest absolute Gasteiger partial charge is 0.362 e. The van der Waals surface area contributed by atoms with Gasteiger partial charge in [-0.25, -0.2) is 24.7 Å². The van der Waals surface area contributed by atoms with Crippen molar-refractivity contribution in [2.45, 2.75) is 36.4 Å². The Hall–Kier alpha value is -3.03. The number of rotatable bonds is 6. The van der Waals surface area contributed by atoms with E-state index in [1.807, 2.05) is 4.90 Å². The molecule has 0 aromatic carbocycles. The highest BCUT2D eigenvalue weighted by atomic mass is 79.9. The average molecular weight is 560 g/mol. The predicted molar refractivity (Wildman–Crippen MR) is 134 cm³/mol. The fourth-order valence-corrected chi connectivity index (χ4v) is 5.40. The van der Waals surface area contributed by atoms with Crippen LogP contribution in [0.25, 0.3) is 22.2 Å². The molecule has 35 heavy (non-hydrogen) atoms. The quantitative estimate of drug-likeness (QED) is 0.267. The summed E-state index contributed by atoms with van der Waals surface area (Å²) in [4.78, 5) is 48.9. The minimum Gasteiger partial charge on any atom is -0.461 e. The van der Waals surface area contributed by atoms with E-state index < -0.39 is 11.5 Å². The number of carbonyl (C=O) groups is 1. The van der Waals surface area contributed by atoms with Gasteiger partial charge >= 0.3 is 5.97 Å². The summed E-state index contributed by atoms with van der Waals surface area (Å²) >= 11 is 4.96. The molecule has 0 bridgehead atoms. The first-order valence-corrected chi connectivity index (χ1v) is 12.6. The van der Waals surface area contributed by atoms with Crippen molar-refractivity contribution in [1.82, 2.24) is 29.5 Å². The molecular weight excluding hydrogens is 538 g/mol. The van der Waals surface area contributed by atoms with Crippen molar-refractivity contribution in [2.75, 3.05) is 24.6 Å². The lowest BCUT2D eigenvalue weighted by molar-refractivity contribution is 0.0517. The summed E-state index contributed by atoms with van der Waals surface area (Å²) in [6.45, 7) is 4.86. The van der Waals surface area contributed by atoms with Gasteiger partial charge in [0.2, 0.25) is 5.69 Å². The number of aliphatic hydroxyl groups excluding tert-OH is 1. The second-order valence-electron chi connectivity index (χ2n) is 8.04. The second kappa shape index (κ2) is 9.21. The van der Waals surface area contributed by atoms with E-state index in [2.05, 4.69) is 37.8 Å². The fraction of sp³-hybridized carbons (Fsp3) is 0.364. The van der Waals surface area contributed by atoms with Crippen LogP contribution in [0.2, 0.25) is 0 Å². The molecule has 0 spiro atoms. The number of nitrogens with zero attached hydrogens (tertiary/aromatic N) is 6. The van der Waals surface area contributed by atoms with E-state index in [1.54, 1.807) is 19.2 Å². The second-order valence-corrected chi connectivity index (χ2v) is 9.88. The van der Waals surface area contributed by atoms with E-state index in [0.717, 1.165) is 27.8 Å². The Morgan fingerprint density at radius 2 is 2.09 bits per heavy atom. The number of ether oxygens (including phenoxy) is 1. The lowest BCUT2D eigenvalue weighted by Crippen LogP contribution is -2.51. The van der Waals surface area contributed by atoms with Crippen molar-refractivity contribution in [3.8, 4) is 0 Å². The molecule has 0 saturated carbocycles. The number of aryl methyl sites for hydroxylation is 2. The third-order valence-electron chi connectivity index (χ3n) is 5.70. The number of anilines is 1. The maximum absolute atomic E-state index is 12.5. The minimum absolute atomic E-state index is 0.140. The van der Waals surface area contributed by atoms with Crippen molar-refractivity contribution in [2.24, 2.45) is 7.05 Å². The maximum Gasteiger partial charge on any atom is 0.362 e. The van der Waals surface area contributed by atoms with Gasteiger partial charge in [0.25, 0.3) is 5.56 Å². The number of nitrogens with one attached hydrogen (secondary N) is 1. The summed E-state index contributed by atoms with van der Waals surface area (Å²) in [5, 5.41) is 11.2. The molecular formula is C22H22BrN7O4S. The molecule has 182 valence electrons. The number of pyridine rings is 1.